The van der Waals surface area contributed by atoms with Gasteiger partial charge in [-0.2, -0.15) is 0 Å². The van der Waals surface area contributed by atoms with Gasteiger partial charge < -0.3 is 10.7 Å². The highest BCUT2D eigenvalue weighted by molar-refractivity contribution is 9.10. The molecular weight excluding hydrogens is 292 g/mol. The topological polar surface area (TPSA) is 67.6 Å². The summed E-state index contributed by atoms with van der Waals surface area (Å²) in [4.78, 5) is 12.1. The van der Waals surface area contributed by atoms with Crippen LogP contribution in [0.15, 0.2) is 16.7 Å². The third kappa shape index (κ3) is 3.29. The fraction of sp³-hybridized carbons (Fsp3) is 0.538. The van der Waals surface area contributed by atoms with Crippen LogP contribution in [-0.2, 0) is 6.42 Å². The summed E-state index contributed by atoms with van der Waals surface area (Å²) in [5, 5.41) is 0. The van der Waals surface area contributed by atoms with Crippen LogP contribution in [0, 0.1) is 5.41 Å². The van der Waals surface area contributed by atoms with Crippen LogP contribution in [0.5, 0.6) is 0 Å². The first-order valence-corrected chi connectivity index (χ1v) is 7.00. The van der Waals surface area contributed by atoms with Gasteiger partial charge in [0.1, 0.15) is 5.82 Å². The maximum absolute atomic E-state index is 5.62. The Balaban J connectivity index is 2.08. The van der Waals surface area contributed by atoms with E-state index in [1.165, 1.54) is 0 Å². The Morgan fingerprint density at radius 3 is 2.89 bits per heavy atom. The molecule has 0 aliphatic carbocycles. The fourth-order valence-electron chi connectivity index (χ4n) is 2.02. The van der Waals surface area contributed by atoms with Crippen LogP contribution in [0.3, 0.4) is 0 Å². The van der Waals surface area contributed by atoms with E-state index in [2.05, 4.69) is 44.7 Å². The van der Waals surface area contributed by atoms with Crippen molar-refractivity contribution in [3.63, 3.8) is 0 Å². The van der Waals surface area contributed by atoms with Crippen LogP contribution in [0.25, 0.3) is 11.2 Å². The molecule has 4 nitrogen and oxygen atoms in total. The zero-order valence-electron chi connectivity index (χ0n) is 10.8. The van der Waals surface area contributed by atoms with E-state index in [1.807, 2.05) is 6.07 Å². The zero-order valence-corrected chi connectivity index (χ0v) is 12.4. The van der Waals surface area contributed by atoms with Gasteiger partial charge in [-0.3, -0.25) is 0 Å². The number of nitrogens with one attached hydrogen (secondary N) is 1. The van der Waals surface area contributed by atoms with Crippen LogP contribution < -0.4 is 5.73 Å². The Labute approximate surface area is 116 Å². The van der Waals surface area contributed by atoms with Gasteiger partial charge in [-0.15, -0.1) is 0 Å². The van der Waals surface area contributed by atoms with Gasteiger partial charge in [0, 0.05) is 17.1 Å². The standard InChI is InChI=1S/C13H19BrN4/c1-13(2,5-6-15)4-3-11-17-10-7-9(14)8-16-12(10)18-11/h7-8H,3-6,15H2,1-2H3,(H,16,17,18). The molecule has 0 radical (unpaired) electrons. The molecule has 0 fully saturated rings. The Hall–Kier alpha value is -0.940. The second-order valence-electron chi connectivity index (χ2n) is 5.41. The lowest BCUT2D eigenvalue weighted by Crippen LogP contribution is -2.18. The van der Waals surface area contributed by atoms with Crippen LogP contribution in [0.1, 0.15) is 32.5 Å². The molecule has 2 aromatic heterocycles. The van der Waals surface area contributed by atoms with Crippen molar-refractivity contribution < 1.29 is 0 Å². The third-order valence-electron chi connectivity index (χ3n) is 3.21. The maximum Gasteiger partial charge on any atom is 0.177 e. The van der Waals surface area contributed by atoms with Gasteiger partial charge in [0.2, 0.25) is 0 Å². The van der Waals surface area contributed by atoms with Crippen molar-refractivity contribution in [3.8, 4) is 0 Å². The normalized spacial score (nSPS) is 12.2. The predicted molar refractivity (Wildman–Crippen MR) is 77.4 cm³/mol. The van der Waals surface area contributed by atoms with Gasteiger partial charge in [-0.05, 0) is 46.8 Å². The quantitative estimate of drug-likeness (QED) is 0.892. The highest BCUT2D eigenvalue weighted by Gasteiger charge is 2.17. The molecular formula is C13H19BrN4. The number of rotatable bonds is 5. The second-order valence-corrected chi connectivity index (χ2v) is 6.33. The van der Waals surface area contributed by atoms with E-state index >= 15 is 0 Å². The van der Waals surface area contributed by atoms with Crippen molar-refractivity contribution in [1.29, 1.82) is 0 Å². The Morgan fingerprint density at radius 2 is 2.17 bits per heavy atom. The molecule has 0 unspecified atom stereocenters. The molecule has 5 heteroatoms. The number of aromatic nitrogens is 3. The van der Waals surface area contributed by atoms with Crippen molar-refractivity contribution >= 4 is 27.1 Å². The summed E-state index contributed by atoms with van der Waals surface area (Å²) >= 11 is 3.41. The number of H-pyrrole nitrogens is 1. The van der Waals surface area contributed by atoms with E-state index in [4.69, 9.17) is 5.73 Å². The Bertz CT molecular complexity index is 533. The first-order valence-electron chi connectivity index (χ1n) is 6.20. The number of aryl methyl sites for hydroxylation is 1. The van der Waals surface area contributed by atoms with Crippen LogP contribution >= 0.6 is 15.9 Å². The van der Waals surface area contributed by atoms with Gasteiger partial charge in [-0.1, -0.05) is 13.8 Å². The molecule has 2 aromatic rings. The molecule has 2 heterocycles. The summed E-state index contributed by atoms with van der Waals surface area (Å²) < 4.78 is 0.966. The lowest BCUT2D eigenvalue weighted by molar-refractivity contribution is 0.311. The Morgan fingerprint density at radius 1 is 1.39 bits per heavy atom. The molecule has 0 aromatic carbocycles. The molecule has 18 heavy (non-hydrogen) atoms. The molecule has 2 rings (SSSR count). The molecule has 0 amide bonds. The maximum atomic E-state index is 5.62. The van der Waals surface area contributed by atoms with Gasteiger partial charge in [0.25, 0.3) is 0 Å². The van der Waals surface area contributed by atoms with E-state index in [1.54, 1.807) is 6.20 Å². The van der Waals surface area contributed by atoms with E-state index in [0.717, 1.165) is 47.3 Å². The molecule has 0 saturated heterocycles. The zero-order chi connectivity index (χ0) is 13.2. The SMILES string of the molecule is CC(C)(CCN)CCc1nc2ncc(Br)cc2[nH]1. The van der Waals surface area contributed by atoms with E-state index in [0.29, 0.717) is 0 Å². The molecule has 0 bridgehead atoms. The largest absolute Gasteiger partial charge is 0.341 e. The highest BCUT2D eigenvalue weighted by atomic mass is 79.9. The molecule has 3 N–H and O–H groups in total. The minimum absolute atomic E-state index is 0.266. The van der Waals surface area contributed by atoms with Crippen LogP contribution in [0.2, 0.25) is 0 Å². The van der Waals surface area contributed by atoms with Crippen molar-refractivity contribution in [2.24, 2.45) is 11.1 Å². The average molecular weight is 311 g/mol. The molecule has 0 saturated carbocycles. The summed E-state index contributed by atoms with van der Waals surface area (Å²) in [6, 6.07) is 2.00. The molecule has 0 atom stereocenters. The minimum Gasteiger partial charge on any atom is -0.341 e. The van der Waals surface area contributed by atoms with Crippen LogP contribution in [0.4, 0.5) is 0 Å². The highest BCUT2D eigenvalue weighted by Crippen LogP contribution is 2.26. The fourth-order valence-corrected chi connectivity index (χ4v) is 2.35. The predicted octanol–water partition coefficient (Wildman–Crippen LogP) is 3.03. The summed E-state index contributed by atoms with van der Waals surface area (Å²) in [5.41, 5.74) is 7.65. The first kappa shape index (κ1) is 13.5. The van der Waals surface area contributed by atoms with Gasteiger partial charge in [-0.25, -0.2) is 9.97 Å². The number of nitrogens with zero attached hydrogens (tertiary/aromatic N) is 2. The van der Waals surface area contributed by atoms with E-state index in [9.17, 15) is 0 Å². The molecule has 0 aliphatic heterocycles. The number of fused-ring (bicyclic) bond motifs is 1. The molecule has 0 aliphatic rings. The summed E-state index contributed by atoms with van der Waals surface area (Å²) in [7, 11) is 0. The number of nitrogens with two attached hydrogens (primary N) is 1. The van der Waals surface area contributed by atoms with Crippen molar-refractivity contribution in [1.82, 2.24) is 15.0 Å². The van der Waals surface area contributed by atoms with Gasteiger partial charge >= 0.3 is 0 Å². The number of pyridine rings is 1. The first-order chi connectivity index (χ1) is 8.50. The number of hydrogen-bond acceptors (Lipinski definition) is 3. The monoisotopic (exact) mass is 310 g/mol. The summed E-state index contributed by atoms with van der Waals surface area (Å²) in [5.74, 6) is 1.00. The summed E-state index contributed by atoms with van der Waals surface area (Å²) in [6.45, 7) is 5.23. The van der Waals surface area contributed by atoms with Gasteiger partial charge in [0.05, 0.1) is 5.52 Å². The average Bonchev–Trinajstić information content (AvgIpc) is 2.68. The van der Waals surface area contributed by atoms with Crippen LogP contribution in [-0.4, -0.2) is 21.5 Å². The van der Waals surface area contributed by atoms with Crippen molar-refractivity contribution in [2.45, 2.75) is 33.1 Å². The Kier molecular flexibility index (Phi) is 4.02. The van der Waals surface area contributed by atoms with Crippen molar-refractivity contribution in [2.75, 3.05) is 6.54 Å². The minimum atomic E-state index is 0.266. The molecule has 98 valence electrons. The smallest absolute Gasteiger partial charge is 0.177 e. The number of aromatic amines is 1. The number of imidazole rings is 1. The number of hydrogen-bond donors (Lipinski definition) is 2. The van der Waals surface area contributed by atoms with Crippen molar-refractivity contribution in [3.05, 3.63) is 22.6 Å². The van der Waals surface area contributed by atoms with E-state index < -0.39 is 0 Å². The lowest BCUT2D eigenvalue weighted by Gasteiger charge is -2.22. The second kappa shape index (κ2) is 5.36. The lowest BCUT2D eigenvalue weighted by atomic mass is 9.84. The third-order valence-corrected chi connectivity index (χ3v) is 3.65. The molecule has 0 spiro atoms. The van der Waals surface area contributed by atoms with E-state index in [-0.39, 0.29) is 5.41 Å². The summed E-state index contributed by atoms with van der Waals surface area (Å²) in [6.07, 6.45) is 4.81. The number of halogens is 1. The van der Waals surface area contributed by atoms with Gasteiger partial charge in [0.15, 0.2) is 5.65 Å².